The molecule has 0 spiro atoms. The van der Waals surface area contributed by atoms with Gasteiger partial charge in [-0.1, -0.05) is 19.1 Å². The maximum atomic E-state index is 12.9. The molecule has 0 unspecified atom stereocenters. The van der Waals surface area contributed by atoms with Gasteiger partial charge in [-0.05, 0) is 82.9 Å². The first kappa shape index (κ1) is 27.5. The van der Waals surface area contributed by atoms with Crippen LogP contribution in [0.3, 0.4) is 0 Å². The van der Waals surface area contributed by atoms with E-state index in [0.29, 0.717) is 12.0 Å². The van der Waals surface area contributed by atoms with Gasteiger partial charge in [0.05, 0.1) is 23.3 Å². The number of anilines is 2. The SMILES string of the molecule is CC[C@@H]([C@H](C)O)N(C)C(=O)c1ccc(N2CCN(c3ccc(B4OC(C)(C)C(C)(C)O4)cc3)CC2)cc1. The lowest BCUT2D eigenvalue weighted by molar-refractivity contribution is 0.00578. The van der Waals surface area contributed by atoms with Crippen molar-refractivity contribution >= 4 is 29.9 Å². The predicted octanol–water partition coefficient (Wildman–Crippen LogP) is 3.54. The Balaban J connectivity index is 1.33. The van der Waals surface area contributed by atoms with Gasteiger partial charge < -0.3 is 29.1 Å². The van der Waals surface area contributed by atoms with Gasteiger partial charge in [-0.3, -0.25) is 4.79 Å². The first-order valence-electron chi connectivity index (χ1n) is 13.4. The highest BCUT2D eigenvalue weighted by molar-refractivity contribution is 6.62. The number of nitrogens with zero attached hydrogens (tertiary/aromatic N) is 3. The molecule has 8 heteroatoms. The zero-order valence-electron chi connectivity index (χ0n) is 23.4. The Bertz CT molecular complexity index is 1050. The molecule has 0 radical (unpaired) electrons. The molecule has 0 aliphatic carbocycles. The maximum absolute atomic E-state index is 12.9. The summed E-state index contributed by atoms with van der Waals surface area (Å²) < 4.78 is 12.4. The summed E-state index contributed by atoms with van der Waals surface area (Å²) in [7, 11) is 1.42. The summed E-state index contributed by atoms with van der Waals surface area (Å²) in [6.45, 7) is 15.7. The molecular weight excluding hydrogens is 465 g/mol. The van der Waals surface area contributed by atoms with Crippen LogP contribution in [0.1, 0.15) is 58.3 Å². The summed E-state index contributed by atoms with van der Waals surface area (Å²) in [6.07, 6.45) is 0.151. The average Bonchev–Trinajstić information content (AvgIpc) is 3.10. The van der Waals surface area contributed by atoms with E-state index in [1.807, 2.05) is 31.2 Å². The topological polar surface area (TPSA) is 65.5 Å². The van der Waals surface area contributed by atoms with E-state index in [2.05, 4.69) is 61.8 Å². The highest BCUT2D eigenvalue weighted by atomic mass is 16.7. The second-order valence-electron chi connectivity index (χ2n) is 11.3. The maximum Gasteiger partial charge on any atom is 0.494 e. The largest absolute Gasteiger partial charge is 0.494 e. The van der Waals surface area contributed by atoms with Gasteiger partial charge in [-0.25, -0.2) is 0 Å². The summed E-state index contributed by atoms with van der Waals surface area (Å²) in [4.78, 5) is 19.3. The van der Waals surface area contributed by atoms with Crippen molar-refractivity contribution in [3.63, 3.8) is 0 Å². The van der Waals surface area contributed by atoms with Crippen molar-refractivity contribution in [3.05, 3.63) is 54.1 Å². The number of aliphatic hydroxyl groups is 1. The molecule has 2 aliphatic rings. The molecule has 2 fully saturated rings. The molecule has 2 heterocycles. The zero-order valence-corrected chi connectivity index (χ0v) is 23.4. The Morgan fingerprint density at radius 3 is 1.76 bits per heavy atom. The quantitative estimate of drug-likeness (QED) is 0.579. The standard InChI is InChI=1S/C29H42BN3O4/c1-8-26(21(2)34)31(7)27(35)22-9-13-24(14-10-22)32-17-19-33(20-18-32)25-15-11-23(12-16-25)30-36-28(3,4)29(5,6)37-30/h9-16,21,26,34H,8,17-20H2,1-7H3/t21-,26-/m0/s1. The molecule has 2 atom stereocenters. The minimum atomic E-state index is -0.561. The lowest BCUT2D eigenvalue weighted by atomic mass is 9.79. The van der Waals surface area contributed by atoms with Gasteiger partial charge in [-0.2, -0.15) is 0 Å². The molecule has 200 valence electrons. The summed E-state index contributed by atoms with van der Waals surface area (Å²) in [5, 5.41) is 9.98. The third kappa shape index (κ3) is 5.66. The van der Waals surface area contributed by atoms with Crippen LogP contribution in [0.2, 0.25) is 0 Å². The van der Waals surface area contributed by atoms with E-state index in [1.54, 1.807) is 18.9 Å². The minimum Gasteiger partial charge on any atom is -0.399 e. The van der Waals surface area contributed by atoms with Crippen molar-refractivity contribution in [1.29, 1.82) is 0 Å². The summed E-state index contributed by atoms with van der Waals surface area (Å²) >= 11 is 0. The van der Waals surface area contributed by atoms with Crippen molar-refractivity contribution in [2.24, 2.45) is 0 Å². The number of likely N-dealkylation sites (N-methyl/N-ethyl adjacent to an activating group) is 1. The molecule has 2 aromatic carbocycles. The van der Waals surface area contributed by atoms with E-state index < -0.39 is 6.10 Å². The minimum absolute atomic E-state index is 0.0619. The van der Waals surface area contributed by atoms with Crippen LogP contribution in [-0.4, -0.2) is 79.6 Å². The van der Waals surface area contributed by atoms with Gasteiger partial charge in [0.1, 0.15) is 0 Å². The van der Waals surface area contributed by atoms with Gasteiger partial charge in [-0.15, -0.1) is 0 Å². The number of benzene rings is 2. The fraction of sp³-hybridized carbons (Fsp3) is 0.552. The normalized spacial score (nSPS) is 20.6. The zero-order chi connectivity index (χ0) is 27.0. The summed E-state index contributed by atoms with van der Waals surface area (Å²) in [5.41, 5.74) is 3.32. The molecule has 1 amide bonds. The molecule has 0 aromatic heterocycles. The van der Waals surface area contributed by atoms with Crippen LogP contribution >= 0.6 is 0 Å². The van der Waals surface area contributed by atoms with Crippen LogP contribution in [0.15, 0.2) is 48.5 Å². The highest BCUT2D eigenvalue weighted by Gasteiger charge is 2.51. The number of piperazine rings is 1. The number of carbonyl (C=O) groups excluding carboxylic acids is 1. The molecule has 2 saturated heterocycles. The fourth-order valence-corrected chi connectivity index (χ4v) is 5.15. The Kier molecular flexibility index (Phi) is 7.93. The van der Waals surface area contributed by atoms with Gasteiger partial charge in [0.2, 0.25) is 0 Å². The Hall–Kier alpha value is -2.55. The molecule has 1 N–H and O–H groups in total. The van der Waals surface area contributed by atoms with E-state index in [4.69, 9.17) is 9.31 Å². The number of carbonyl (C=O) groups is 1. The highest BCUT2D eigenvalue weighted by Crippen LogP contribution is 2.36. The summed E-state index contributed by atoms with van der Waals surface area (Å²) in [5.74, 6) is -0.0619. The lowest BCUT2D eigenvalue weighted by Crippen LogP contribution is -2.46. The molecule has 0 bridgehead atoms. The van der Waals surface area contributed by atoms with Crippen LogP contribution in [0, 0.1) is 0 Å². The average molecular weight is 507 g/mol. The Labute approximate surface area is 222 Å². The number of aliphatic hydroxyl groups excluding tert-OH is 1. The van der Waals surface area contributed by atoms with E-state index in [0.717, 1.165) is 37.3 Å². The van der Waals surface area contributed by atoms with Crippen molar-refractivity contribution in [1.82, 2.24) is 4.90 Å². The molecule has 2 aromatic rings. The van der Waals surface area contributed by atoms with Crippen molar-refractivity contribution in [2.45, 2.75) is 71.3 Å². The number of rotatable bonds is 7. The first-order valence-corrected chi connectivity index (χ1v) is 13.4. The smallest absolute Gasteiger partial charge is 0.399 e. The van der Waals surface area contributed by atoms with E-state index in [-0.39, 0.29) is 30.3 Å². The Morgan fingerprint density at radius 2 is 1.35 bits per heavy atom. The van der Waals surface area contributed by atoms with Crippen molar-refractivity contribution in [2.75, 3.05) is 43.0 Å². The van der Waals surface area contributed by atoms with Crippen molar-refractivity contribution < 1.29 is 19.2 Å². The molecule has 37 heavy (non-hydrogen) atoms. The van der Waals surface area contributed by atoms with Crippen LogP contribution in [-0.2, 0) is 9.31 Å². The van der Waals surface area contributed by atoms with Crippen molar-refractivity contribution in [3.8, 4) is 0 Å². The first-order chi connectivity index (χ1) is 17.4. The summed E-state index contributed by atoms with van der Waals surface area (Å²) in [6, 6.07) is 16.2. The molecule has 0 saturated carbocycles. The molecular formula is C29H42BN3O4. The van der Waals surface area contributed by atoms with Crippen LogP contribution in [0.5, 0.6) is 0 Å². The number of hydrogen-bond donors (Lipinski definition) is 1. The van der Waals surface area contributed by atoms with Gasteiger partial charge in [0.15, 0.2) is 0 Å². The van der Waals surface area contributed by atoms with Crippen LogP contribution in [0.25, 0.3) is 0 Å². The molecule has 4 rings (SSSR count). The number of amides is 1. The van der Waals surface area contributed by atoms with Gasteiger partial charge >= 0.3 is 7.12 Å². The van der Waals surface area contributed by atoms with E-state index >= 15 is 0 Å². The molecule has 2 aliphatic heterocycles. The second-order valence-corrected chi connectivity index (χ2v) is 11.3. The third-order valence-corrected chi connectivity index (χ3v) is 8.34. The predicted molar refractivity (Wildman–Crippen MR) is 151 cm³/mol. The van der Waals surface area contributed by atoms with Gasteiger partial charge in [0, 0.05) is 50.2 Å². The van der Waals surface area contributed by atoms with E-state index in [1.165, 1.54) is 5.69 Å². The third-order valence-electron chi connectivity index (χ3n) is 8.34. The lowest BCUT2D eigenvalue weighted by Gasteiger charge is -2.37. The second kappa shape index (κ2) is 10.7. The van der Waals surface area contributed by atoms with Crippen LogP contribution < -0.4 is 15.3 Å². The monoisotopic (exact) mass is 507 g/mol. The Morgan fingerprint density at radius 1 is 0.919 bits per heavy atom. The molecule has 7 nitrogen and oxygen atoms in total. The van der Waals surface area contributed by atoms with Gasteiger partial charge in [0.25, 0.3) is 5.91 Å². The van der Waals surface area contributed by atoms with E-state index in [9.17, 15) is 9.90 Å². The fourth-order valence-electron chi connectivity index (χ4n) is 5.15. The van der Waals surface area contributed by atoms with Crippen LogP contribution in [0.4, 0.5) is 11.4 Å². The number of hydrogen-bond acceptors (Lipinski definition) is 6.